The number of terminal acetylenes is 1. The molecule has 0 saturated carbocycles. The third-order valence-corrected chi connectivity index (χ3v) is 2.04. The molecule has 15 heavy (non-hydrogen) atoms. The summed E-state index contributed by atoms with van der Waals surface area (Å²) < 4.78 is 1.48. The predicted molar refractivity (Wildman–Crippen MR) is 56.8 cm³/mol. The monoisotopic (exact) mass is 207 g/mol. The van der Waals surface area contributed by atoms with Crippen molar-refractivity contribution in [2.75, 3.05) is 5.32 Å². The van der Waals surface area contributed by atoms with E-state index in [2.05, 4.69) is 16.3 Å². The smallest absolute Gasteiger partial charge is 0.341 e. The van der Waals surface area contributed by atoms with Crippen LogP contribution < -0.4 is 5.32 Å². The first kappa shape index (κ1) is 11.1. The summed E-state index contributed by atoms with van der Waals surface area (Å²) in [4.78, 5) is 11.0. The minimum Gasteiger partial charge on any atom is -0.477 e. The van der Waals surface area contributed by atoms with Gasteiger partial charge in [-0.25, -0.2) is 4.79 Å². The molecule has 0 bridgehead atoms. The highest BCUT2D eigenvalue weighted by molar-refractivity contribution is 5.94. The lowest BCUT2D eigenvalue weighted by molar-refractivity contribution is 0.0697. The second-order valence-electron chi connectivity index (χ2n) is 3.27. The van der Waals surface area contributed by atoms with Crippen molar-refractivity contribution < 1.29 is 9.90 Å². The van der Waals surface area contributed by atoms with Gasteiger partial charge in [0.15, 0.2) is 0 Å². The Morgan fingerprint density at radius 1 is 1.73 bits per heavy atom. The zero-order chi connectivity index (χ0) is 11.6. The van der Waals surface area contributed by atoms with Gasteiger partial charge < -0.3 is 10.4 Å². The first-order valence-corrected chi connectivity index (χ1v) is 4.47. The standard InChI is InChI=1S/C10H13N3O2/c1-5-6(2)11-9-8(10(14)15)7(3)12-13(9)4/h1,6,11H,2-4H3,(H,14,15). The molecule has 5 heteroatoms. The van der Waals surface area contributed by atoms with Gasteiger partial charge in [0, 0.05) is 7.05 Å². The Morgan fingerprint density at radius 2 is 2.33 bits per heavy atom. The molecule has 0 fully saturated rings. The maximum atomic E-state index is 11.0. The van der Waals surface area contributed by atoms with Gasteiger partial charge in [-0.15, -0.1) is 6.42 Å². The van der Waals surface area contributed by atoms with Crippen molar-refractivity contribution in [3.8, 4) is 12.3 Å². The number of carbonyl (C=O) groups is 1. The third-order valence-electron chi connectivity index (χ3n) is 2.04. The van der Waals surface area contributed by atoms with Gasteiger partial charge in [-0.05, 0) is 13.8 Å². The molecule has 0 amide bonds. The largest absolute Gasteiger partial charge is 0.477 e. The molecule has 1 heterocycles. The number of carboxylic acid groups (broad SMARTS) is 1. The van der Waals surface area contributed by atoms with Crippen molar-refractivity contribution in [3.05, 3.63) is 11.3 Å². The van der Waals surface area contributed by atoms with Gasteiger partial charge in [0.1, 0.15) is 11.4 Å². The van der Waals surface area contributed by atoms with E-state index in [4.69, 9.17) is 11.5 Å². The Balaban J connectivity index is 3.16. The van der Waals surface area contributed by atoms with E-state index in [0.717, 1.165) is 0 Å². The molecule has 2 N–H and O–H groups in total. The van der Waals surface area contributed by atoms with Crippen molar-refractivity contribution >= 4 is 11.8 Å². The van der Waals surface area contributed by atoms with Gasteiger partial charge in [0.05, 0.1) is 11.7 Å². The van der Waals surface area contributed by atoms with Crippen molar-refractivity contribution in [1.82, 2.24) is 9.78 Å². The molecule has 1 aromatic rings. The molecular weight excluding hydrogens is 194 g/mol. The number of aromatic carboxylic acids is 1. The molecule has 1 aromatic heterocycles. The van der Waals surface area contributed by atoms with Gasteiger partial charge in [0.2, 0.25) is 0 Å². The molecule has 0 saturated heterocycles. The zero-order valence-electron chi connectivity index (χ0n) is 8.90. The van der Waals surface area contributed by atoms with E-state index in [-0.39, 0.29) is 11.6 Å². The fraction of sp³-hybridized carbons (Fsp3) is 0.400. The first-order chi connectivity index (χ1) is 6.97. The number of nitrogens with zero attached hydrogens (tertiary/aromatic N) is 2. The number of carboxylic acids is 1. The second-order valence-corrected chi connectivity index (χ2v) is 3.27. The Labute approximate surface area is 88.1 Å². The minimum atomic E-state index is -1.01. The van der Waals surface area contributed by atoms with Crippen LogP contribution in [0.1, 0.15) is 23.0 Å². The fourth-order valence-electron chi connectivity index (χ4n) is 1.33. The van der Waals surface area contributed by atoms with E-state index in [1.807, 2.05) is 0 Å². The number of aromatic nitrogens is 2. The quantitative estimate of drug-likeness (QED) is 0.721. The minimum absolute atomic E-state index is 0.166. The summed E-state index contributed by atoms with van der Waals surface area (Å²) >= 11 is 0. The number of hydrogen-bond donors (Lipinski definition) is 2. The van der Waals surface area contributed by atoms with E-state index < -0.39 is 5.97 Å². The van der Waals surface area contributed by atoms with Gasteiger partial charge in [0.25, 0.3) is 0 Å². The van der Waals surface area contributed by atoms with Crippen LogP contribution in [0.4, 0.5) is 5.82 Å². The number of nitrogens with one attached hydrogen (secondary N) is 1. The van der Waals surface area contributed by atoms with Crippen molar-refractivity contribution in [1.29, 1.82) is 0 Å². The summed E-state index contributed by atoms with van der Waals surface area (Å²) in [6, 6.07) is -0.238. The van der Waals surface area contributed by atoms with Crippen LogP contribution in [-0.2, 0) is 7.05 Å². The Morgan fingerprint density at radius 3 is 2.80 bits per heavy atom. The van der Waals surface area contributed by atoms with E-state index in [9.17, 15) is 4.79 Å². The summed E-state index contributed by atoms with van der Waals surface area (Å²) in [6.45, 7) is 3.42. The van der Waals surface area contributed by atoms with Crippen LogP contribution in [0.3, 0.4) is 0 Å². The number of rotatable bonds is 3. The van der Waals surface area contributed by atoms with E-state index in [1.54, 1.807) is 20.9 Å². The van der Waals surface area contributed by atoms with Crippen LogP contribution in [0.2, 0.25) is 0 Å². The molecule has 1 atom stereocenters. The normalized spacial score (nSPS) is 11.9. The van der Waals surface area contributed by atoms with Gasteiger partial charge >= 0.3 is 5.97 Å². The highest BCUT2D eigenvalue weighted by atomic mass is 16.4. The molecule has 0 aliphatic rings. The summed E-state index contributed by atoms with van der Waals surface area (Å²) in [5, 5.41) is 15.9. The van der Waals surface area contributed by atoms with Crippen molar-refractivity contribution in [3.63, 3.8) is 0 Å². The summed E-state index contributed by atoms with van der Waals surface area (Å²) in [5.41, 5.74) is 0.635. The lowest BCUT2D eigenvalue weighted by Crippen LogP contribution is -2.17. The zero-order valence-corrected chi connectivity index (χ0v) is 8.90. The van der Waals surface area contributed by atoms with E-state index in [0.29, 0.717) is 11.5 Å². The number of aryl methyl sites for hydroxylation is 2. The Hall–Kier alpha value is -1.96. The van der Waals surface area contributed by atoms with E-state index >= 15 is 0 Å². The lowest BCUT2D eigenvalue weighted by atomic mass is 10.2. The molecule has 0 aromatic carbocycles. The summed E-state index contributed by atoms with van der Waals surface area (Å²) in [7, 11) is 1.67. The fourth-order valence-corrected chi connectivity index (χ4v) is 1.33. The molecule has 0 aliphatic heterocycles. The predicted octanol–water partition coefficient (Wildman–Crippen LogP) is 0.860. The van der Waals surface area contributed by atoms with Crippen LogP contribution in [0.15, 0.2) is 0 Å². The lowest BCUT2D eigenvalue weighted by Gasteiger charge is -2.10. The first-order valence-electron chi connectivity index (χ1n) is 4.47. The summed E-state index contributed by atoms with van der Waals surface area (Å²) in [6.07, 6.45) is 5.21. The molecule has 5 nitrogen and oxygen atoms in total. The average Bonchev–Trinajstić information content (AvgIpc) is 2.41. The molecule has 1 unspecified atom stereocenters. The van der Waals surface area contributed by atoms with E-state index in [1.165, 1.54) is 4.68 Å². The molecule has 0 radical (unpaired) electrons. The topological polar surface area (TPSA) is 67.2 Å². The Bertz CT molecular complexity index is 429. The summed E-state index contributed by atoms with van der Waals surface area (Å²) in [5.74, 6) is 1.90. The molecule has 0 aliphatic carbocycles. The maximum Gasteiger partial charge on any atom is 0.341 e. The van der Waals surface area contributed by atoms with Gasteiger partial charge in [-0.1, -0.05) is 5.92 Å². The highest BCUT2D eigenvalue weighted by Gasteiger charge is 2.20. The average molecular weight is 207 g/mol. The van der Waals surface area contributed by atoms with Gasteiger partial charge in [-0.3, -0.25) is 4.68 Å². The third kappa shape index (κ3) is 2.10. The van der Waals surface area contributed by atoms with Crippen LogP contribution in [-0.4, -0.2) is 26.9 Å². The van der Waals surface area contributed by atoms with Crippen LogP contribution >= 0.6 is 0 Å². The van der Waals surface area contributed by atoms with Crippen LogP contribution in [0.5, 0.6) is 0 Å². The SMILES string of the molecule is C#CC(C)Nc1c(C(=O)O)c(C)nn1C. The maximum absolute atomic E-state index is 11.0. The second kappa shape index (κ2) is 4.05. The van der Waals surface area contributed by atoms with Crippen molar-refractivity contribution in [2.24, 2.45) is 7.05 Å². The molecule has 0 spiro atoms. The molecule has 80 valence electrons. The molecule has 1 rings (SSSR count). The van der Waals surface area contributed by atoms with Crippen LogP contribution in [0.25, 0.3) is 0 Å². The highest BCUT2D eigenvalue weighted by Crippen LogP contribution is 2.19. The van der Waals surface area contributed by atoms with Crippen LogP contribution in [0, 0.1) is 19.3 Å². The number of anilines is 1. The Kier molecular flexibility index (Phi) is 3.00. The van der Waals surface area contributed by atoms with Gasteiger partial charge in [-0.2, -0.15) is 5.10 Å². The number of hydrogen-bond acceptors (Lipinski definition) is 3. The van der Waals surface area contributed by atoms with Crippen molar-refractivity contribution in [2.45, 2.75) is 19.9 Å². The molecular formula is C10H13N3O2.